The molecular formula is C4H3N3O4. The monoisotopic (exact) mass is 157 g/mol. The lowest BCUT2D eigenvalue weighted by atomic mass is 11.0. The highest BCUT2D eigenvalue weighted by Gasteiger charge is 1.96. The zero-order chi connectivity index (χ0) is 8.27. The molecule has 11 heavy (non-hydrogen) atoms. The molecule has 0 bridgehead atoms. The summed E-state index contributed by atoms with van der Waals surface area (Å²) in [6.45, 7) is 0.0533. The molecule has 1 rings (SSSR count). The van der Waals surface area contributed by atoms with Gasteiger partial charge in [-0.2, -0.15) is 0 Å². The van der Waals surface area contributed by atoms with Crippen LogP contribution in [0.25, 0.3) is 0 Å². The van der Waals surface area contributed by atoms with Gasteiger partial charge in [0.25, 0.3) is 0 Å². The van der Waals surface area contributed by atoms with Crippen molar-refractivity contribution in [1.29, 1.82) is 0 Å². The molecule has 1 aromatic rings. The summed E-state index contributed by atoms with van der Waals surface area (Å²) in [6, 6.07) is -0.422. The molecule has 0 saturated carbocycles. The fraction of sp³-hybridized carbons (Fsp3) is 0. The number of carbonyl (C=O) groups excluding carboxylic acids is 1. The molecule has 0 aliphatic rings. The van der Waals surface area contributed by atoms with Gasteiger partial charge in [-0.15, -0.1) is 4.98 Å². The maximum Gasteiger partial charge on any atom is 0.353 e. The fourth-order valence-electron chi connectivity index (χ4n) is 0.475. The van der Waals surface area contributed by atoms with Crippen LogP contribution in [0.1, 0.15) is 0 Å². The summed E-state index contributed by atoms with van der Waals surface area (Å²) >= 11 is 0. The van der Waals surface area contributed by atoms with E-state index in [2.05, 4.69) is 9.72 Å². The van der Waals surface area contributed by atoms with Gasteiger partial charge in [-0.05, 0) is 0 Å². The predicted molar refractivity (Wildman–Crippen MR) is 32.2 cm³/mol. The smallest absolute Gasteiger partial charge is 0.353 e. The van der Waals surface area contributed by atoms with Gasteiger partial charge >= 0.3 is 23.9 Å². The molecule has 0 saturated heterocycles. The quantitative estimate of drug-likeness (QED) is 0.482. The molecule has 0 aliphatic heterocycles. The summed E-state index contributed by atoms with van der Waals surface area (Å²) in [5.74, 6) is 0. The molecular weight excluding hydrogens is 154 g/mol. The van der Waals surface area contributed by atoms with Crippen LogP contribution in [0.15, 0.2) is 9.59 Å². The Morgan fingerprint density at radius 1 is 1.36 bits per heavy atom. The lowest BCUT2D eigenvalue weighted by Crippen LogP contribution is -2.25. The van der Waals surface area contributed by atoms with Gasteiger partial charge in [0.1, 0.15) is 0 Å². The Balaban J connectivity index is 3.18. The first-order chi connectivity index (χ1) is 5.22. The third kappa shape index (κ3) is 1.75. The van der Waals surface area contributed by atoms with E-state index in [-0.39, 0.29) is 6.47 Å². The van der Waals surface area contributed by atoms with Gasteiger partial charge in [0, 0.05) is 0 Å². The lowest BCUT2D eigenvalue weighted by molar-refractivity contribution is -0.121. The van der Waals surface area contributed by atoms with E-state index < -0.39 is 17.4 Å². The molecule has 2 N–H and O–H groups in total. The molecule has 7 nitrogen and oxygen atoms in total. The zero-order valence-corrected chi connectivity index (χ0v) is 5.16. The topological polar surface area (TPSA) is 105 Å². The summed E-state index contributed by atoms with van der Waals surface area (Å²) in [4.78, 5) is 37.4. The Morgan fingerprint density at radius 2 is 2.09 bits per heavy atom. The molecule has 0 aliphatic carbocycles. The van der Waals surface area contributed by atoms with Crippen molar-refractivity contribution in [3.8, 4) is 6.01 Å². The van der Waals surface area contributed by atoms with Crippen LogP contribution in [0.5, 0.6) is 6.01 Å². The number of ether oxygens (including phenoxy) is 1. The van der Waals surface area contributed by atoms with Gasteiger partial charge in [-0.1, -0.05) is 0 Å². The zero-order valence-electron chi connectivity index (χ0n) is 5.16. The minimum absolute atomic E-state index is 0.0533. The molecule has 7 heteroatoms. The number of H-pyrrole nitrogens is 2. The summed E-state index contributed by atoms with van der Waals surface area (Å²) in [6.07, 6.45) is 0. The van der Waals surface area contributed by atoms with Gasteiger partial charge in [0.15, 0.2) is 0 Å². The van der Waals surface area contributed by atoms with Crippen LogP contribution >= 0.6 is 0 Å². The van der Waals surface area contributed by atoms with Crippen molar-refractivity contribution in [1.82, 2.24) is 15.0 Å². The van der Waals surface area contributed by atoms with Crippen molar-refractivity contribution in [2.24, 2.45) is 0 Å². The van der Waals surface area contributed by atoms with E-state index in [1.807, 2.05) is 4.98 Å². The molecule has 0 unspecified atom stereocenters. The average Bonchev–Trinajstić information content (AvgIpc) is 1.85. The maximum absolute atomic E-state index is 10.4. The van der Waals surface area contributed by atoms with Crippen molar-refractivity contribution in [3.05, 3.63) is 21.0 Å². The van der Waals surface area contributed by atoms with Crippen molar-refractivity contribution >= 4 is 6.47 Å². The van der Waals surface area contributed by atoms with Crippen molar-refractivity contribution in [2.75, 3.05) is 0 Å². The molecule has 0 spiro atoms. The van der Waals surface area contributed by atoms with Gasteiger partial charge in [0.05, 0.1) is 0 Å². The van der Waals surface area contributed by atoms with Crippen LogP contribution in [0, 0.1) is 0 Å². The third-order valence-corrected chi connectivity index (χ3v) is 0.804. The van der Waals surface area contributed by atoms with Crippen LogP contribution in [0.2, 0.25) is 0 Å². The van der Waals surface area contributed by atoms with E-state index in [9.17, 15) is 14.4 Å². The molecule has 0 aromatic carbocycles. The van der Waals surface area contributed by atoms with E-state index in [4.69, 9.17) is 0 Å². The second-order valence-electron chi connectivity index (χ2n) is 1.52. The number of nitrogens with zero attached hydrogens (tertiary/aromatic N) is 1. The van der Waals surface area contributed by atoms with E-state index in [1.54, 1.807) is 4.98 Å². The first-order valence-corrected chi connectivity index (χ1v) is 2.53. The summed E-state index contributed by atoms with van der Waals surface area (Å²) in [7, 11) is 0. The van der Waals surface area contributed by atoms with Gasteiger partial charge in [0.2, 0.25) is 0 Å². The molecule has 58 valence electrons. The minimum atomic E-state index is -0.870. The second kappa shape index (κ2) is 2.78. The highest BCUT2D eigenvalue weighted by molar-refractivity contribution is 5.40. The van der Waals surface area contributed by atoms with Gasteiger partial charge < -0.3 is 4.74 Å². The van der Waals surface area contributed by atoms with Gasteiger partial charge in [-0.25, -0.2) is 9.59 Å². The van der Waals surface area contributed by atoms with Crippen LogP contribution in [-0.4, -0.2) is 21.4 Å². The molecule has 1 aromatic heterocycles. The number of rotatable bonds is 2. The SMILES string of the molecule is O=COc1nc(=O)[nH]c(=O)[nH]1. The highest BCUT2D eigenvalue weighted by atomic mass is 16.5. The largest absolute Gasteiger partial charge is 0.394 e. The Hall–Kier alpha value is -1.92. The van der Waals surface area contributed by atoms with Crippen LogP contribution in [0.4, 0.5) is 0 Å². The van der Waals surface area contributed by atoms with Gasteiger partial charge in [-0.3, -0.25) is 14.8 Å². The van der Waals surface area contributed by atoms with Crippen molar-refractivity contribution in [3.63, 3.8) is 0 Å². The molecule has 0 fully saturated rings. The average molecular weight is 157 g/mol. The maximum atomic E-state index is 10.4. The van der Waals surface area contributed by atoms with E-state index >= 15 is 0 Å². The Bertz CT molecular complexity index is 336. The predicted octanol–water partition coefficient (Wildman–Crippen LogP) is -2.01. The third-order valence-electron chi connectivity index (χ3n) is 0.804. The number of carbonyl (C=O) groups is 1. The first kappa shape index (κ1) is 7.19. The first-order valence-electron chi connectivity index (χ1n) is 2.53. The molecule has 0 atom stereocenters. The second-order valence-corrected chi connectivity index (χ2v) is 1.52. The summed E-state index contributed by atoms with van der Waals surface area (Å²) < 4.78 is 4.10. The summed E-state index contributed by atoms with van der Waals surface area (Å²) in [5, 5.41) is 0. The fourth-order valence-corrected chi connectivity index (χ4v) is 0.475. The van der Waals surface area contributed by atoms with Crippen LogP contribution in [0.3, 0.4) is 0 Å². The summed E-state index contributed by atoms with van der Waals surface area (Å²) in [5.41, 5.74) is -1.65. The number of nitrogens with one attached hydrogen (secondary N) is 2. The van der Waals surface area contributed by atoms with Crippen molar-refractivity contribution < 1.29 is 9.53 Å². The van der Waals surface area contributed by atoms with Crippen molar-refractivity contribution in [2.45, 2.75) is 0 Å². The normalized spacial score (nSPS) is 9.09. The van der Waals surface area contributed by atoms with E-state index in [0.717, 1.165) is 0 Å². The molecule has 0 radical (unpaired) electrons. The van der Waals surface area contributed by atoms with E-state index in [1.165, 1.54) is 0 Å². The van der Waals surface area contributed by atoms with Crippen LogP contribution < -0.4 is 16.1 Å². The van der Waals surface area contributed by atoms with E-state index in [0.29, 0.717) is 0 Å². The molecule has 1 heterocycles. The number of aromatic nitrogens is 3. The standard InChI is InChI=1S/C4H3N3O4/c8-1-11-4-6-2(9)5-3(10)7-4/h1H,(H2,5,6,7,9,10). The Labute approximate surface area is 59.1 Å². The number of hydrogen-bond acceptors (Lipinski definition) is 5. The Morgan fingerprint density at radius 3 is 2.64 bits per heavy atom. The number of hydrogen-bond donors (Lipinski definition) is 2. The highest BCUT2D eigenvalue weighted by Crippen LogP contribution is 1.86. The Kier molecular flexibility index (Phi) is 1.81. The van der Waals surface area contributed by atoms with Crippen LogP contribution in [-0.2, 0) is 4.79 Å². The molecule has 0 amide bonds. The minimum Gasteiger partial charge on any atom is -0.394 e. The lowest BCUT2D eigenvalue weighted by Gasteiger charge is -1.90. The number of aromatic amines is 2.